The molecule has 30 heavy (non-hydrogen) atoms. The molecule has 2 rings (SSSR count). The molecule has 0 unspecified atom stereocenters. The summed E-state index contributed by atoms with van der Waals surface area (Å²) < 4.78 is 44.6. The van der Waals surface area contributed by atoms with Crippen LogP contribution in [0.15, 0.2) is 35.5 Å². The van der Waals surface area contributed by atoms with Gasteiger partial charge in [-0.2, -0.15) is 13.2 Å². The van der Waals surface area contributed by atoms with Crippen molar-refractivity contribution in [2.45, 2.75) is 30.9 Å². The Hall–Kier alpha value is -2.33. The molecule has 0 radical (unpaired) electrons. The van der Waals surface area contributed by atoms with Crippen molar-refractivity contribution < 1.29 is 22.7 Å². The van der Waals surface area contributed by atoms with E-state index in [-0.39, 0.29) is 16.9 Å². The van der Waals surface area contributed by atoms with Gasteiger partial charge in [-0.25, -0.2) is 9.97 Å². The van der Waals surface area contributed by atoms with Gasteiger partial charge < -0.3 is 15.0 Å². The number of thioether (sulfide) groups is 1. The monoisotopic (exact) mass is 442 g/mol. The van der Waals surface area contributed by atoms with Crippen molar-refractivity contribution in [2.24, 2.45) is 0 Å². The lowest BCUT2D eigenvalue weighted by Crippen LogP contribution is -2.26. The van der Waals surface area contributed by atoms with Crippen LogP contribution in [0.3, 0.4) is 0 Å². The normalized spacial score (nSPS) is 11.4. The number of aromatic nitrogens is 2. The summed E-state index contributed by atoms with van der Waals surface area (Å²) in [6, 6.07) is 7.85. The fourth-order valence-electron chi connectivity index (χ4n) is 2.60. The molecule has 6 nitrogen and oxygen atoms in total. The molecule has 0 fully saturated rings. The van der Waals surface area contributed by atoms with E-state index >= 15 is 0 Å². The van der Waals surface area contributed by atoms with Gasteiger partial charge in [0.1, 0.15) is 5.82 Å². The minimum atomic E-state index is -4.54. The number of methoxy groups -OCH3 is 1. The number of carbonyl (C=O) groups is 1. The average Bonchev–Trinajstić information content (AvgIpc) is 2.73. The van der Waals surface area contributed by atoms with Crippen LogP contribution in [-0.2, 0) is 16.7 Å². The largest absolute Gasteiger partial charge is 0.433 e. The molecule has 10 heteroatoms. The average molecular weight is 443 g/mol. The molecule has 1 amide bonds. The molecule has 164 valence electrons. The summed E-state index contributed by atoms with van der Waals surface area (Å²) in [5.41, 5.74) is 0.391. The zero-order valence-corrected chi connectivity index (χ0v) is 17.9. The van der Waals surface area contributed by atoms with E-state index in [2.05, 4.69) is 15.3 Å². The molecular weight excluding hydrogens is 417 g/mol. The van der Waals surface area contributed by atoms with Crippen molar-refractivity contribution in [3.63, 3.8) is 0 Å². The van der Waals surface area contributed by atoms with Crippen LogP contribution in [0.5, 0.6) is 0 Å². The van der Waals surface area contributed by atoms with Crippen LogP contribution in [-0.4, -0.2) is 49.2 Å². The number of alkyl halides is 3. The van der Waals surface area contributed by atoms with Gasteiger partial charge in [0.05, 0.1) is 6.61 Å². The van der Waals surface area contributed by atoms with E-state index < -0.39 is 11.9 Å². The SMILES string of the molecule is CCN(CC)c1cc(C(F)(F)F)nc(SCc2ccc(C(=O)NCCOC)cc2)n1. The summed E-state index contributed by atoms with van der Waals surface area (Å²) in [7, 11) is 1.55. The van der Waals surface area contributed by atoms with Gasteiger partial charge in [0.15, 0.2) is 10.9 Å². The highest BCUT2D eigenvalue weighted by Crippen LogP contribution is 2.32. The summed E-state index contributed by atoms with van der Waals surface area (Å²) in [5, 5.41) is 2.79. The first kappa shape index (κ1) is 23.9. The van der Waals surface area contributed by atoms with Crippen molar-refractivity contribution in [2.75, 3.05) is 38.3 Å². The number of hydrogen-bond acceptors (Lipinski definition) is 6. The summed E-state index contributed by atoms with van der Waals surface area (Å²) in [6.07, 6.45) is -4.54. The minimum Gasteiger partial charge on any atom is -0.383 e. The number of halogens is 3. The smallest absolute Gasteiger partial charge is 0.383 e. The Balaban J connectivity index is 2.10. The topological polar surface area (TPSA) is 67.4 Å². The maximum absolute atomic E-state index is 13.2. The molecule has 1 N–H and O–H groups in total. The molecular formula is C20H25F3N4O2S. The van der Waals surface area contributed by atoms with Gasteiger partial charge in [-0.3, -0.25) is 4.79 Å². The van der Waals surface area contributed by atoms with Crippen molar-refractivity contribution in [3.05, 3.63) is 47.2 Å². The number of nitrogens with one attached hydrogen (secondary N) is 1. The lowest BCUT2D eigenvalue weighted by atomic mass is 10.1. The van der Waals surface area contributed by atoms with E-state index in [0.29, 0.717) is 37.6 Å². The van der Waals surface area contributed by atoms with Crippen LogP contribution in [0, 0.1) is 0 Å². The number of ether oxygens (including phenoxy) is 1. The molecule has 0 saturated heterocycles. The van der Waals surface area contributed by atoms with Crippen LogP contribution in [0.1, 0.15) is 35.5 Å². The number of carbonyl (C=O) groups excluding carboxylic acids is 1. The van der Waals surface area contributed by atoms with Crippen LogP contribution in [0.4, 0.5) is 19.0 Å². The van der Waals surface area contributed by atoms with Crippen molar-refractivity contribution in [1.82, 2.24) is 15.3 Å². The van der Waals surface area contributed by atoms with Crippen molar-refractivity contribution in [1.29, 1.82) is 0 Å². The maximum atomic E-state index is 13.2. The predicted molar refractivity (Wildman–Crippen MR) is 111 cm³/mol. The van der Waals surface area contributed by atoms with Gasteiger partial charge in [-0.1, -0.05) is 23.9 Å². The zero-order valence-electron chi connectivity index (χ0n) is 17.1. The lowest BCUT2D eigenvalue weighted by molar-refractivity contribution is -0.141. The summed E-state index contributed by atoms with van der Waals surface area (Å²) in [5.74, 6) is 0.425. The third-order valence-electron chi connectivity index (χ3n) is 4.25. The Morgan fingerprint density at radius 2 is 1.83 bits per heavy atom. The molecule has 0 saturated carbocycles. The first-order valence-electron chi connectivity index (χ1n) is 9.48. The van der Waals surface area contributed by atoms with Gasteiger partial charge in [-0.15, -0.1) is 0 Å². The third-order valence-corrected chi connectivity index (χ3v) is 5.16. The number of amides is 1. The van der Waals surface area contributed by atoms with E-state index in [1.807, 2.05) is 13.8 Å². The molecule has 1 aromatic carbocycles. The Labute approximate surface area is 178 Å². The van der Waals surface area contributed by atoms with E-state index in [4.69, 9.17) is 4.74 Å². The van der Waals surface area contributed by atoms with Crippen molar-refractivity contribution in [3.8, 4) is 0 Å². The molecule has 1 aromatic heterocycles. The standard InChI is InChI=1S/C20H25F3N4O2S/c1-4-27(5-2)17-12-16(20(21,22)23)25-19(26-17)30-13-14-6-8-15(9-7-14)18(28)24-10-11-29-3/h6-9,12H,4-5,10-11,13H2,1-3H3,(H,24,28). The zero-order chi connectivity index (χ0) is 22.1. The molecule has 0 aliphatic carbocycles. The number of benzene rings is 1. The Kier molecular flexibility index (Phi) is 8.91. The predicted octanol–water partition coefficient (Wildman–Crippen LogP) is 4.01. The highest BCUT2D eigenvalue weighted by Gasteiger charge is 2.34. The van der Waals surface area contributed by atoms with Gasteiger partial charge in [0.2, 0.25) is 0 Å². The van der Waals surface area contributed by atoms with Crippen LogP contribution in [0.25, 0.3) is 0 Å². The number of nitrogens with zero attached hydrogens (tertiary/aromatic N) is 3. The fraction of sp³-hybridized carbons (Fsp3) is 0.450. The highest BCUT2D eigenvalue weighted by molar-refractivity contribution is 7.98. The second kappa shape index (κ2) is 11.2. The van der Waals surface area contributed by atoms with Gasteiger partial charge in [-0.05, 0) is 31.5 Å². The Morgan fingerprint density at radius 3 is 2.40 bits per heavy atom. The minimum absolute atomic E-state index is 0.0631. The molecule has 0 atom stereocenters. The molecule has 0 bridgehead atoms. The van der Waals surface area contributed by atoms with E-state index in [1.165, 1.54) is 0 Å². The highest BCUT2D eigenvalue weighted by atomic mass is 32.2. The Bertz CT molecular complexity index is 828. The van der Waals surface area contributed by atoms with Crippen LogP contribution < -0.4 is 10.2 Å². The number of hydrogen-bond donors (Lipinski definition) is 1. The van der Waals surface area contributed by atoms with Crippen LogP contribution >= 0.6 is 11.8 Å². The quantitative estimate of drug-likeness (QED) is 0.341. The molecule has 2 aromatic rings. The van der Waals surface area contributed by atoms with Crippen molar-refractivity contribution >= 4 is 23.5 Å². The summed E-state index contributed by atoms with van der Waals surface area (Å²) in [6.45, 7) is 5.64. The Morgan fingerprint density at radius 1 is 1.17 bits per heavy atom. The van der Waals surface area contributed by atoms with Crippen LogP contribution in [0.2, 0.25) is 0 Å². The summed E-state index contributed by atoms with van der Waals surface area (Å²) >= 11 is 1.12. The molecule has 1 heterocycles. The number of anilines is 1. The van der Waals surface area contributed by atoms with Gasteiger partial charge >= 0.3 is 6.18 Å². The van der Waals surface area contributed by atoms with E-state index in [9.17, 15) is 18.0 Å². The van der Waals surface area contributed by atoms with E-state index in [0.717, 1.165) is 23.4 Å². The molecule has 0 aliphatic heterocycles. The van der Waals surface area contributed by atoms with E-state index in [1.54, 1.807) is 36.3 Å². The fourth-order valence-corrected chi connectivity index (χ4v) is 3.41. The second-order valence-corrected chi connectivity index (χ2v) is 7.24. The van der Waals surface area contributed by atoms with Gasteiger partial charge in [0.25, 0.3) is 5.91 Å². The molecule has 0 spiro atoms. The number of rotatable bonds is 10. The molecule has 0 aliphatic rings. The second-order valence-electron chi connectivity index (χ2n) is 6.30. The first-order chi connectivity index (χ1) is 14.3. The third kappa shape index (κ3) is 6.88. The summed E-state index contributed by atoms with van der Waals surface area (Å²) in [4.78, 5) is 21.7. The van der Waals surface area contributed by atoms with Gasteiger partial charge in [0, 0.05) is 44.1 Å². The maximum Gasteiger partial charge on any atom is 0.433 e. The first-order valence-corrected chi connectivity index (χ1v) is 10.5. The lowest BCUT2D eigenvalue weighted by Gasteiger charge is -2.21.